The molecule has 0 bridgehead atoms. The van der Waals surface area contributed by atoms with Crippen molar-refractivity contribution in [1.29, 1.82) is 0 Å². The molecule has 1 saturated carbocycles. The molecule has 1 rings (SSSR count). The molecule has 0 aromatic heterocycles. The van der Waals surface area contributed by atoms with Crippen LogP contribution < -0.4 is 5.73 Å². The zero-order chi connectivity index (χ0) is 15.1. The third-order valence-corrected chi connectivity index (χ3v) is 3.59. The van der Waals surface area contributed by atoms with Gasteiger partial charge in [-0.25, -0.2) is 4.79 Å². The number of hydrogen-bond acceptors (Lipinski definition) is 3. The van der Waals surface area contributed by atoms with Gasteiger partial charge >= 0.3 is 12.0 Å². The molecule has 0 saturated heterocycles. The van der Waals surface area contributed by atoms with Crippen LogP contribution in [0.3, 0.4) is 0 Å². The molecular formula is C13H23N3O4. The third kappa shape index (κ3) is 4.71. The molecule has 1 aliphatic carbocycles. The number of carboxylic acid groups (broad SMARTS) is 1. The Kier molecular flexibility index (Phi) is 6.27. The molecule has 1 aliphatic rings. The van der Waals surface area contributed by atoms with Crippen molar-refractivity contribution < 1.29 is 19.5 Å². The Labute approximate surface area is 118 Å². The predicted octanol–water partition coefficient (Wildman–Crippen LogP) is 0.633. The van der Waals surface area contributed by atoms with E-state index in [1.54, 1.807) is 6.92 Å². The lowest BCUT2D eigenvalue weighted by Gasteiger charge is -2.33. The Morgan fingerprint density at radius 2 is 1.85 bits per heavy atom. The molecule has 0 unspecified atom stereocenters. The van der Waals surface area contributed by atoms with Crippen molar-refractivity contribution in [1.82, 2.24) is 9.80 Å². The molecule has 0 aromatic rings. The average molecular weight is 285 g/mol. The third-order valence-electron chi connectivity index (χ3n) is 3.59. The monoisotopic (exact) mass is 285 g/mol. The van der Waals surface area contributed by atoms with Crippen molar-refractivity contribution in [2.24, 2.45) is 5.73 Å². The average Bonchev–Trinajstić information content (AvgIpc) is 2.89. The molecule has 0 radical (unpaired) electrons. The summed E-state index contributed by atoms with van der Waals surface area (Å²) in [5, 5.41) is 8.71. The van der Waals surface area contributed by atoms with Crippen LogP contribution in [0, 0.1) is 0 Å². The highest BCUT2D eigenvalue weighted by molar-refractivity contribution is 5.83. The summed E-state index contributed by atoms with van der Waals surface area (Å²) in [5.74, 6) is -1.49. The molecule has 0 spiro atoms. The summed E-state index contributed by atoms with van der Waals surface area (Å²) >= 11 is 0. The van der Waals surface area contributed by atoms with Crippen LogP contribution in [-0.4, -0.2) is 58.5 Å². The Balaban J connectivity index is 2.73. The fourth-order valence-electron chi connectivity index (χ4n) is 2.54. The van der Waals surface area contributed by atoms with Gasteiger partial charge in [0.05, 0.1) is 6.42 Å². The first-order chi connectivity index (χ1) is 9.45. The van der Waals surface area contributed by atoms with E-state index in [4.69, 9.17) is 10.8 Å². The lowest BCUT2D eigenvalue weighted by Crippen LogP contribution is -2.50. The normalized spacial score (nSPS) is 15.1. The van der Waals surface area contributed by atoms with Crippen molar-refractivity contribution in [2.45, 2.75) is 45.1 Å². The van der Waals surface area contributed by atoms with Crippen molar-refractivity contribution in [3.63, 3.8) is 0 Å². The summed E-state index contributed by atoms with van der Waals surface area (Å²) in [4.78, 5) is 37.2. The second-order valence-electron chi connectivity index (χ2n) is 5.04. The first-order valence-electron chi connectivity index (χ1n) is 7.01. The van der Waals surface area contributed by atoms with E-state index >= 15 is 0 Å². The van der Waals surface area contributed by atoms with Gasteiger partial charge in [0.15, 0.2) is 0 Å². The Morgan fingerprint density at radius 3 is 2.30 bits per heavy atom. The SMILES string of the molecule is CCN(CCC(=O)O)C(=O)N(CC(N)=O)C1CCCC1. The van der Waals surface area contributed by atoms with Crippen molar-refractivity contribution in [3.8, 4) is 0 Å². The van der Waals surface area contributed by atoms with Gasteiger partial charge in [-0.2, -0.15) is 0 Å². The molecule has 7 nitrogen and oxygen atoms in total. The Bertz CT molecular complexity index is 367. The number of carboxylic acids is 1. The summed E-state index contributed by atoms with van der Waals surface area (Å²) in [6.07, 6.45) is 3.71. The minimum Gasteiger partial charge on any atom is -0.481 e. The van der Waals surface area contributed by atoms with Gasteiger partial charge < -0.3 is 20.6 Å². The van der Waals surface area contributed by atoms with Crippen molar-refractivity contribution >= 4 is 17.9 Å². The number of carbonyl (C=O) groups excluding carboxylic acids is 2. The van der Waals surface area contributed by atoms with Gasteiger partial charge in [-0.15, -0.1) is 0 Å². The number of nitrogens with two attached hydrogens (primary N) is 1. The first kappa shape index (κ1) is 16.3. The van der Waals surface area contributed by atoms with E-state index in [2.05, 4.69) is 0 Å². The van der Waals surface area contributed by atoms with Crippen LogP contribution in [-0.2, 0) is 9.59 Å². The van der Waals surface area contributed by atoms with E-state index in [0.29, 0.717) is 6.54 Å². The van der Waals surface area contributed by atoms with Gasteiger partial charge in [0, 0.05) is 19.1 Å². The van der Waals surface area contributed by atoms with E-state index in [1.807, 2.05) is 0 Å². The van der Waals surface area contributed by atoms with Gasteiger partial charge in [0.2, 0.25) is 5.91 Å². The maximum Gasteiger partial charge on any atom is 0.320 e. The molecule has 20 heavy (non-hydrogen) atoms. The minimum absolute atomic E-state index is 0.0360. The Morgan fingerprint density at radius 1 is 1.25 bits per heavy atom. The zero-order valence-electron chi connectivity index (χ0n) is 11.9. The molecule has 0 aromatic carbocycles. The number of aliphatic carboxylic acids is 1. The second-order valence-corrected chi connectivity index (χ2v) is 5.04. The van der Waals surface area contributed by atoms with Crippen molar-refractivity contribution in [2.75, 3.05) is 19.6 Å². The first-order valence-corrected chi connectivity index (χ1v) is 7.01. The van der Waals surface area contributed by atoms with Crippen LogP contribution in [0.4, 0.5) is 4.79 Å². The molecule has 7 heteroatoms. The molecule has 114 valence electrons. The van der Waals surface area contributed by atoms with E-state index in [1.165, 1.54) is 9.80 Å². The smallest absolute Gasteiger partial charge is 0.320 e. The summed E-state index contributed by atoms with van der Waals surface area (Å²) in [7, 11) is 0. The number of carbonyl (C=O) groups is 3. The largest absolute Gasteiger partial charge is 0.481 e. The summed E-state index contributed by atoms with van der Waals surface area (Å²) in [5.41, 5.74) is 5.22. The highest BCUT2D eigenvalue weighted by Crippen LogP contribution is 2.24. The number of primary amides is 1. The molecule has 3 N–H and O–H groups in total. The number of amides is 3. The predicted molar refractivity (Wildman–Crippen MR) is 73.1 cm³/mol. The zero-order valence-corrected chi connectivity index (χ0v) is 11.9. The van der Waals surface area contributed by atoms with Crippen LogP contribution in [0.1, 0.15) is 39.0 Å². The number of urea groups is 1. The molecule has 0 atom stereocenters. The minimum atomic E-state index is -0.946. The number of hydrogen-bond donors (Lipinski definition) is 2. The van der Waals surface area contributed by atoms with Crippen LogP contribution in [0.25, 0.3) is 0 Å². The highest BCUT2D eigenvalue weighted by atomic mass is 16.4. The topological polar surface area (TPSA) is 104 Å². The van der Waals surface area contributed by atoms with Crippen molar-refractivity contribution in [3.05, 3.63) is 0 Å². The highest BCUT2D eigenvalue weighted by Gasteiger charge is 2.30. The number of rotatable bonds is 7. The Hall–Kier alpha value is -1.79. The van der Waals surface area contributed by atoms with Gasteiger partial charge in [0.1, 0.15) is 6.54 Å². The second kappa shape index (κ2) is 7.72. The van der Waals surface area contributed by atoms with Crippen LogP contribution in [0.2, 0.25) is 0 Å². The number of nitrogens with zero attached hydrogens (tertiary/aromatic N) is 2. The van der Waals surface area contributed by atoms with Gasteiger partial charge in [0.25, 0.3) is 0 Å². The lowest BCUT2D eigenvalue weighted by atomic mass is 10.2. The van der Waals surface area contributed by atoms with Crippen LogP contribution in [0.15, 0.2) is 0 Å². The van der Waals surface area contributed by atoms with E-state index in [0.717, 1.165) is 25.7 Å². The maximum absolute atomic E-state index is 12.5. The quantitative estimate of drug-likeness (QED) is 0.716. The summed E-state index contributed by atoms with van der Waals surface area (Å²) in [6, 6.07) is -0.256. The molecular weight excluding hydrogens is 262 g/mol. The van der Waals surface area contributed by atoms with E-state index < -0.39 is 11.9 Å². The van der Waals surface area contributed by atoms with Crippen LogP contribution >= 0.6 is 0 Å². The molecule has 0 aliphatic heterocycles. The maximum atomic E-state index is 12.5. The summed E-state index contributed by atoms with van der Waals surface area (Å²) in [6.45, 7) is 2.24. The van der Waals surface area contributed by atoms with E-state index in [-0.39, 0.29) is 31.6 Å². The van der Waals surface area contributed by atoms with Gasteiger partial charge in [-0.05, 0) is 19.8 Å². The van der Waals surface area contributed by atoms with Gasteiger partial charge in [-0.3, -0.25) is 9.59 Å². The van der Waals surface area contributed by atoms with E-state index in [9.17, 15) is 14.4 Å². The summed E-state index contributed by atoms with van der Waals surface area (Å²) < 4.78 is 0. The molecule has 1 fully saturated rings. The fraction of sp³-hybridized carbons (Fsp3) is 0.769. The lowest BCUT2D eigenvalue weighted by molar-refractivity contribution is -0.137. The van der Waals surface area contributed by atoms with Gasteiger partial charge in [-0.1, -0.05) is 12.8 Å². The molecule has 3 amide bonds. The molecule has 0 heterocycles. The fourth-order valence-corrected chi connectivity index (χ4v) is 2.54. The standard InChI is InChI=1S/C13H23N3O4/c1-2-15(8-7-12(18)19)13(20)16(9-11(14)17)10-5-3-4-6-10/h10H,2-9H2,1H3,(H2,14,17)(H,18,19). The van der Waals surface area contributed by atoms with Crippen LogP contribution in [0.5, 0.6) is 0 Å².